The van der Waals surface area contributed by atoms with E-state index >= 15 is 0 Å². The second-order valence-corrected chi connectivity index (χ2v) is 2.01. The van der Waals surface area contributed by atoms with Crippen molar-refractivity contribution in [2.75, 3.05) is 13.2 Å². The van der Waals surface area contributed by atoms with Crippen LogP contribution in [0.25, 0.3) is 0 Å². The quantitative estimate of drug-likeness (QED) is 0.455. The van der Waals surface area contributed by atoms with Crippen molar-refractivity contribution in [3.05, 3.63) is 12.2 Å². The fraction of sp³-hybridized carbons (Fsp3) is 0.571. The molecule has 0 aliphatic carbocycles. The molecule has 1 unspecified atom stereocenters. The molecule has 0 N–H and O–H groups in total. The Bertz CT molecular complexity index is 164. The van der Waals surface area contributed by atoms with Gasteiger partial charge >= 0.3 is 6.16 Å². The Morgan fingerprint density at radius 2 is 2.64 bits per heavy atom. The summed E-state index contributed by atoms with van der Waals surface area (Å²) in [5.74, 6) is 0. The van der Waals surface area contributed by atoms with E-state index in [1.807, 2.05) is 19.1 Å². The number of rotatable bonds is 3. The van der Waals surface area contributed by atoms with Crippen molar-refractivity contribution in [3.8, 4) is 0 Å². The van der Waals surface area contributed by atoms with Gasteiger partial charge in [0.15, 0.2) is 6.61 Å². The summed E-state index contributed by atoms with van der Waals surface area (Å²) >= 11 is 0. The van der Waals surface area contributed by atoms with Crippen molar-refractivity contribution in [1.29, 1.82) is 0 Å². The number of cyclic esters (lactones) is 2. The normalized spacial score (nSPS) is 23.7. The summed E-state index contributed by atoms with van der Waals surface area (Å²) in [4.78, 5) is 10.3. The molecule has 0 bridgehead atoms. The molecule has 0 radical (unpaired) electrons. The van der Waals surface area contributed by atoms with Crippen molar-refractivity contribution in [3.63, 3.8) is 0 Å². The van der Waals surface area contributed by atoms with Gasteiger partial charge in [-0.2, -0.15) is 0 Å². The molecule has 1 atom stereocenters. The summed E-state index contributed by atoms with van der Waals surface area (Å²) in [5, 5.41) is 0. The minimum atomic E-state index is -0.657. The molecule has 4 nitrogen and oxygen atoms in total. The van der Waals surface area contributed by atoms with Crippen molar-refractivity contribution in [1.82, 2.24) is 0 Å². The number of allylic oxidation sites excluding steroid dienone is 1. The van der Waals surface area contributed by atoms with Crippen molar-refractivity contribution >= 4 is 6.16 Å². The first-order chi connectivity index (χ1) is 5.33. The van der Waals surface area contributed by atoms with E-state index < -0.39 is 12.4 Å². The van der Waals surface area contributed by atoms with E-state index in [2.05, 4.69) is 9.47 Å². The summed E-state index contributed by atoms with van der Waals surface area (Å²) in [6.07, 6.45) is 2.50. The van der Waals surface area contributed by atoms with E-state index in [0.717, 1.165) is 0 Å². The van der Waals surface area contributed by atoms with Crippen LogP contribution < -0.4 is 0 Å². The Balaban J connectivity index is 2.13. The van der Waals surface area contributed by atoms with Crippen LogP contribution in [0.5, 0.6) is 0 Å². The number of carbonyl (C=O) groups is 1. The lowest BCUT2D eigenvalue weighted by atomic mass is 10.5. The highest BCUT2D eigenvalue weighted by atomic mass is 16.8. The second-order valence-electron chi connectivity index (χ2n) is 2.01. The zero-order valence-corrected chi connectivity index (χ0v) is 6.28. The Morgan fingerprint density at radius 3 is 3.18 bits per heavy atom. The van der Waals surface area contributed by atoms with Gasteiger partial charge in [0.1, 0.15) is 0 Å². The lowest BCUT2D eigenvalue weighted by Gasteiger charge is -2.04. The maximum absolute atomic E-state index is 10.3. The molecule has 1 aliphatic rings. The maximum atomic E-state index is 10.3. The molecule has 1 fully saturated rings. The van der Waals surface area contributed by atoms with Crippen molar-refractivity contribution < 1.29 is 19.0 Å². The summed E-state index contributed by atoms with van der Waals surface area (Å²) in [6.45, 7) is 2.52. The zero-order valence-electron chi connectivity index (χ0n) is 6.28. The van der Waals surface area contributed by atoms with Gasteiger partial charge in [0.05, 0.1) is 6.61 Å². The third kappa shape index (κ3) is 2.59. The predicted octanol–water partition coefficient (Wildman–Crippen LogP) is 1.07. The van der Waals surface area contributed by atoms with Gasteiger partial charge in [0.25, 0.3) is 0 Å². The molecule has 0 aromatic carbocycles. The van der Waals surface area contributed by atoms with Crippen molar-refractivity contribution in [2.45, 2.75) is 13.2 Å². The Morgan fingerprint density at radius 1 is 1.82 bits per heavy atom. The predicted molar refractivity (Wildman–Crippen MR) is 37.0 cm³/mol. The highest BCUT2D eigenvalue weighted by Gasteiger charge is 2.24. The fourth-order valence-electron chi connectivity index (χ4n) is 0.653. The standard InChI is InChI=1S/C7H10O4/c1-2-3-4-9-6-5-10-7(8)11-6/h2-3,6H,4-5H2,1H3/b3-2+. The molecule has 4 heteroatoms. The summed E-state index contributed by atoms with van der Waals surface area (Å²) in [7, 11) is 0. The van der Waals surface area contributed by atoms with Crippen LogP contribution in [0.3, 0.4) is 0 Å². The second kappa shape index (κ2) is 3.98. The van der Waals surface area contributed by atoms with Gasteiger partial charge in [-0.15, -0.1) is 0 Å². The maximum Gasteiger partial charge on any atom is 0.510 e. The van der Waals surface area contributed by atoms with Gasteiger partial charge in [-0.3, -0.25) is 0 Å². The molecule has 0 spiro atoms. The third-order valence-corrected chi connectivity index (χ3v) is 1.18. The summed E-state index contributed by atoms with van der Waals surface area (Å²) in [5.41, 5.74) is 0. The molecule has 1 rings (SSSR count). The molecule has 0 aromatic rings. The van der Waals surface area contributed by atoms with Gasteiger partial charge in [-0.05, 0) is 6.92 Å². The lowest BCUT2D eigenvalue weighted by Crippen LogP contribution is -2.14. The van der Waals surface area contributed by atoms with E-state index in [0.29, 0.717) is 6.61 Å². The highest BCUT2D eigenvalue weighted by molar-refractivity contribution is 5.61. The highest BCUT2D eigenvalue weighted by Crippen LogP contribution is 2.06. The van der Waals surface area contributed by atoms with Crippen LogP contribution in [0.15, 0.2) is 12.2 Å². The average Bonchev–Trinajstić information content (AvgIpc) is 2.37. The molecule has 11 heavy (non-hydrogen) atoms. The minimum Gasteiger partial charge on any atom is -0.428 e. The number of carbonyl (C=O) groups excluding carboxylic acids is 1. The van der Waals surface area contributed by atoms with Crippen LogP contribution in [0.2, 0.25) is 0 Å². The smallest absolute Gasteiger partial charge is 0.428 e. The number of hydrogen-bond donors (Lipinski definition) is 0. The van der Waals surface area contributed by atoms with E-state index in [-0.39, 0.29) is 6.61 Å². The third-order valence-electron chi connectivity index (χ3n) is 1.18. The van der Waals surface area contributed by atoms with Crippen LogP contribution in [0.1, 0.15) is 6.92 Å². The molecule has 1 saturated heterocycles. The van der Waals surface area contributed by atoms with E-state index in [1.54, 1.807) is 0 Å². The van der Waals surface area contributed by atoms with Gasteiger partial charge in [0, 0.05) is 0 Å². The molecule has 1 aliphatic heterocycles. The average molecular weight is 158 g/mol. The number of ether oxygens (including phenoxy) is 3. The zero-order chi connectivity index (χ0) is 8.10. The summed E-state index contributed by atoms with van der Waals surface area (Å²) in [6, 6.07) is 0. The first kappa shape index (κ1) is 8.07. The van der Waals surface area contributed by atoms with Gasteiger partial charge < -0.3 is 14.2 Å². The molecular formula is C7H10O4. The summed E-state index contributed by atoms with van der Waals surface area (Å²) < 4.78 is 14.1. The van der Waals surface area contributed by atoms with Gasteiger partial charge in [-0.25, -0.2) is 4.79 Å². The van der Waals surface area contributed by atoms with E-state index in [9.17, 15) is 4.79 Å². The minimum absolute atomic E-state index is 0.191. The van der Waals surface area contributed by atoms with Crippen LogP contribution in [-0.2, 0) is 14.2 Å². The molecule has 62 valence electrons. The van der Waals surface area contributed by atoms with Gasteiger partial charge in [-0.1, -0.05) is 12.2 Å². The Labute approximate surface area is 64.7 Å². The van der Waals surface area contributed by atoms with Crippen LogP contribution in [0.4, 0.5) is 4.79 Å². The van der Waals surface area contributed by atoms with Crippen LogP contribution in [0, 0.1) is 0 Å². The fourth-order valence-corrected chi connectivity index (χ4v) is 0.653. The van der Waals surface area contributed by atoms with E-state index in [4.69, 9.17) is 4.74 Å². The largest absolute Gasteiger partial charge is 0.510 e. The first-order valence-electron chi connectivity index (χ1n) is 3.39. The first-order valence-corrected chi connectivity index (χ1v) is 3.39. The topological polar surface area (TPSA) is 44.8 Å². The Kier molecular flexibility index (Phi) is 2.92. The Hall–Kier alpha value is -1.03. The van der Waals surface area contributed by atoms with Crippen molar-refractivity contribution in [2.24, 2.45) is 0 Å². The van der Waals surface area contributed by atoms with Crippen LogP contribution in [-0.4, -0.2) is 25.7 Å². The van der Waals surface area contributed by atoms with E-state index in [1.165, 1.54) is 0 Å². The molecule has 1 heterocycles. The number of hydrogen-bond acceptors (Lipinski definition) is 4. The molecule has 0 saturated carbocycles. The molecule has 0 aromatic heterocycles. The SMILES string of the molecule is C/C=C/COC1COC(=O)O1. The van der Waals surface area contributed by atoms with Gasteiger partial charge in [0.2, 0.25) is 6.29 Å². The molecular weight excluding hydrogens is 148 g/mol. The lowest BCUT2D eigenvalue weighted by molar-refractivity contribution is -0.0661. The van der Waals surface area contributed by atoms with Crippen LogP contribution >= 0.6 is 0 Å². The monoisotopic (exact) mass is 158 g/mol. The molecule has 0 amide bonds.